The molecule has 1 rings (SSSR count). The Morgan fingerprint density at radius 3 is 2.42 bits per heavy atom. The van der Waals surface area contributed by atoms with Crippen LogP contribution in [0.1, 0.15) is 58.8 Å². The van der Waals surface area contributed by atoms with E-state index in [9.17, 15) is 0 Å². The highest BCUT2D eigenvalue weighted by molar-refractivity contribution is 4.83. The number of hydrogen-bond acceptors (Lipinski definition) is 1. The van der Waals surface area contributed by atoms with Crippen LogP contribution in [0.2, 0.25) is 0 Å². The van der Waals surface area contributed by atoms with Crippen LogP contribution in [0.3, 0.4) is 0 Å². The van der Waals surface area contributed by atoms with E-state index in [1.807, 2.05) is 0 Å². The van der Waals surface area contributed by atoms with Crippen molar-refractivity contribution in [1.82, 2.24) is 0 Å². The second kappa shape index (κ2) is 4.27. The van der Waals surface area contributed by atoms with Gasteiger partial charge in [0.25, 0.3) is 0 Å². The van der Waals surface area contributed by atoms with Gasteiger partial charge in [-0.15, -0.1) is 0 Å². The highest BCUT2D eigenvalue weighted by Crippen LogP contribution is 2.32. The molecular formula is C11H23N. The molecule has 0 aromatic heterocycles. The van der Waals surface area contributed by atoms with Gasteiger partial charge in [0.2, 0.25) is 0 Å². The van der Waals surface area contributed by atoms with E-state index in [0.29, 0.717) is 0 Å². The minimum absolute atomic E-state index is 0.115. The van der Waals surface area contributed by atoms with E-state index in [0.717, 1.165) is 5.92 Å². The van der Waals surface area contributed by atoms with E-state index in [2.05, 4.69) is 13.8 Å². The molecule has 0 spiro atoms. The lowest BCUT2D eigenvalue weighted by Crippen LogP contribution is -2.37. The van der Waals surface area contributed by atoms with E-state index in [1.165, 1.54) is 44.9 Å². The zero-order valence-corrected chi connectivity index (χ0v) is 8.60. The van der Waals surface area contributed by atoms with Crippen LogP contribution in [0.15, 0.2) is 0 Å². The van der Waals surface area contributed by atoms with Crippen molar-refractivity contribution in [2.75, 3.05) is 0 Å². The Balaban J connectivity index is 2.27. The molecule has 1 saturated carbocycles. The van der Waals surface area contributed by atoms with Gasteiger partial charge in [0.15, 0.2) is 0 Å². The highest BCUT2D eigenvalue weighted by atomic mass is 14.7. The first-order valence-corrected chi connectivity index (χ1v) is 5.43. The van der Waals surface area contributed by atoms with Crippen LogP contribution in [-0.4, -0.2) is 5.54 Å². The van der Waals surface area contributed by atoms with Crippen LogP contribution < -0.4 is 5.73 Å². The predicted molar refractivity (Wildman–Crippen MR) is 54.1 cm³/mol. The third-order valence-electron chi connectivity index (χ3n) is 3.05. The summed E-state index contributed by atoms with van der Waals surface area (Å²) < 4.78 is 0. The summed E-state index contributed by atoms with van der Waals surface area (Å²) in [6, 6.07) is 0. The first-order valence-electron chi connectivity index (χ1n) is 5.43. The quantitative estimate of drug-likeness (QED) is 0.687. The maximum absolute atomic E-state index is 6.21. The molecule has 1 unspecified atom stereocenters. The molecule has 0 aromatic carbocycles. The smallest absolute Gasteiger partial charge is 0.0128 e. The molecule has 12 heavy (non-hydrogen) atoms. The van der Waals surface area contributed by atoms with Gasteiger partial charge in [-0.05, 0) is 25.7 Å². The van der Waals surface area contributed by atoms with Gasteiger partial charge in [-0.3, -0.25) is 0 Å². The lowest BCUT2D eigenvalue weighted by Gasteiger charge is -2.27. The van der Waals surface area contributed by atoms with Gasteiger partial charge in [0, 0.05) is 5.54 Å². The zero-order chi connectivity index (χ0) is 9.03. The van der Waals surface area contributed by atoms with E-state index in [4.69, 9.17) is 5.73 Å². The summed E-state index contributed by atoms with van der Waals surface area (Å²) >= 11 is 0. The summed E-state index contributed by atoms with van der Waals surface area (Å²) in [6.07, 6.45) is 9.39. The van der Waals surface area contributed by atoms with Gasteiger partial charge < -0.3 is 5.73 Å². The number of nitrogens with two attached hydrogens (primary N) is 1. The van der Waals surface area contributed by atoms with Crippen molar-refractivity contribution in [1.29, 1.82) is 0 Å². The van der Waals surface area contributed by atoms with Crippen molar-refractivity contribution in [3.63, 3.8) is 0 Å². The van der Waals surface area contributed by atoms with Gasteiger partial charge in [-0.1, -0.05) is 39.0 Å². The Labute approximate surface area is 76.7 Å². The molecule has 1 atom stereocenters. The fourth-order valence-electron chi connectivity index (χ4n) is 2.55. The summed E-state index contributed by atoms with van der Waals surface area (Å²) in [6.45, 7) is 4.44. The molecule has 1 aliphatic carbocycles. The maximum atomic E-state index is 6.21. The summed E-state index contributed by atoms with van der Waals surface area (Å²) in [7, 11) is 0. The average molecular weight is 169 g/mol. The van der Waals surface area contributed by atoms with Crippen molar-refractivity contribution in [2.24, 2.45) is 11.7 Å². The van der Waals surface area contributed by atoms with Gasteiger partial charge >= 0.3 is 0 Å². The van der Waals surface area contributed by atoms with Crippen LogP contribution in [0.5, 0.6) is 0 Å². The molecule has 0 aliphatic heterocycles. The predicted octanol–water partition coefficient (Wildman–Crippen LogP) is 3.08. The molecule has 1 nitrogen and oxygen atoms in total. The Kier molecular flexibility index (Phi) is 3.57. The molecule has 1 fully saturated rings. The molecule has 0 amide bonds. The Morgan fingerprint density at radius 1 is 1.33 bits per heavy atom. The van der Waals surface area contributed by atoms with E-state index in [1.54, 1.807) is 0 Å². The molecule has 0 radical (unpaired) electrons. The lowest BCUT2D eigenvalue weighted by molar-refractivity contribution is 0.321. The molecular weight excluding hydrogens is 146 g/mol. The molecule has 2 N–H and O–H groups in total. The molecule has 1 aliphatic rings. The molecule has 0 aromatic rings. The van der Waals surface area contributed by atoms with E-state index >= 15 is 0 Å². The van der Waals surface area contributed by atoms with Crippen molar-refractivity contribution in [3.8, 4) is 0 Å². The van der Waals surface area contributed by atoms with Crippen molar-refractivity contribution < 1.29 is 0 Å². The minimum Gasteiger partial charge on any atom is -0.325 e. The third kappa shape index (κ3) is 3.14. The number of hydrogen-bond donors (Lipinski definition) is 1. The summed E-state index contributed by atoms with van der Waals surface area (Å²) in [4.78, 5) is 0. The molecule has 72 valence electrons. The van der Waals surface area contributed by atoms with Gasteiger partial charge in [-0.2, -0.15) is 0 Å². The lowest BCUT2D eigenvalue weighted by atomic mass is 9.85. The standard InChI is InChI=1S/C11H23N/c1-3-8-11(2,12)9-10-6-4-5-7-10/h10H,3-9,12H2,1-2H3. The topological polar surface area (TPSA) is 26.0 Å². The SMILES string of the molecule is CCCC(C)(N)CC1CCCC1. The van der Waals surface area contributed by atoms with Crippen LogP contribution >= 0.6 is 0 Å². The molecule has 1 heteroatoms. The van der Waals surface area contributed by atoms with Crippen LogP contribution in [0.25, 0.3) is 0 Å². The normalized spacial score (nSPS) is 24.2. The Bertz CT molecular complexity index is 123. The van der Waals surface area contributed by atoms with Gasteiger partial charge in [0.1, 0.15) is 0 Å². The second-order valence-corrected chi connectivity index (χ2v) is 4.76. The molecule has 0 bridgehead atoms. The van der Waals surface area contributed by atoms with Crippen LogP contribution in [0, 0.1) is 5.92 Å². The maximum Gasteiger partial charge on any atom is 0.0128 e. The first kappa shape index (κ1) is 10.0. The fraction of sp³-hybridized carbons (Fsp3) is 1.00. The third-order valence-corrected chi connectivity index (χ3v) is 3.05. The zero-order valence-electron chi connectivity index (χ0n) is 8.60. The van der Waals surface area contributed by atoms with Crippen molar-refractivity contribution in [2.45, 2.75) is 64.3 Å². The van der Waals surface area contributed by atoms with Crippen LogP contribution in [0.4, 0.5) is 0 Å². The van der Waals surface area contributed by atoms with Crippen molar-refractivity contribution in [3.05, 3.63) is 0 Å². The first-order chi connectivity index (χ1) is 5.64. The van der Waals surface area contributed by atoms with Gasteiger partial charge in [-0.25, -0.2) is 0 Å². The second-order valence-electron chi connectivity index (χ2n) is 4.76. The highest BCUT2D eigenvalue weighted by Gasteiger charge is 2.24. The number of rotatable bonds is 4. The monoisotopic (exact) mass is 169 g/mol. The Morgan fingerprint density at radius 2 is 1.92 bits per heavy atom. The van der Waals surface area contributed by atoms with E-state index < -0.39 is 0 Å². The molecule has 0 heterocycles. The van der Waals surface area contributed by atoms with Crippen molar-refractivity contribution >= 4 is 0 Å². The van der Waals surface area contributed by atoms with E-state index in [-0.39, 0.29) is 5.54 Å². The average Bonchev–Trinajstić information content (AvgIpc) is 2.38. The van der Waals surface area contributed by atoms with Gasteiger partial charge in [0.05, 0.1) is 0 Å². The summed E-state index contributed by atoms with van der Waals surface area (Å²) in [5, 5.41) is 0. The molecule has 0 saturated heterocycles. The van der Waals surface area contributed by atoms with Crippen LogP contribution in [-0.2, 0) is 0 Å². The minimum atomic E-state index is 0.115. The Hall–Kier alpha value is -0.0400. The summed E-state index contributed by atoms with van der Waals surface area (Å²) in [5.41, 5.74) is 6.32. The largest absolute Gasteiger partial charge is 0.325 e. The summed E-state index contributed by atoms with van der Waals surface area (Å²) in [5.74, 6) is 0.937. The fourth-order valence-corrected chi connectivity index (χ4v) is 2.55.